The van der Waals surface area contributed by atoms with Crippen molar-refractivity contribution >= 4 is 16.0 Å². The van der Waals surface area contributed by atoms with Gasteiger partial charge in [-0.1, -0.05) is 26.0 Å². The minimum absolute atomic E-state index is 0.166. The van der Waals surface area contributed by atoms with E-state index in [9.17, 15) is 13.2 Å². The van der Waals surface area contributed by atoms with E-state index in [0.717, 1.165) is 6.42 Å². The summed E-state index contributed by atoms with van der Waals surface area (Å²) in [7, 11) is -3.31. The summed E-state index contributed by atoms with van der Waals surface area (Å²) in [6.07, 6.45) is 1.94. The van der Waals surface area contributed by atoms with Crippen molar-refractivity contribution in [2.45, 2.75) is 26.8 Å². The first-order chi connectivity index (χ1) is 9.20. The van der Waals surface area contributed by atoms with Crippen LogP contribution >= 0.6 is 0 Å². The van der Waals surface area contributed by atoms with E-state index in [2.05, 4.69) is 0 Å². The van der Waals surface area contributed by atoms with Gasteiger partial charge in [-0.15, -0.1) is 0 Å². The van der Waals surface area contributed by atoms with Crippen molar-refractivity contribution in [2.24, 2.45) is 5.92 Å². The third-order valence-electron chi connectivity index (χ3n) is 2.96. The molecule has 0 amide bonds. The maximum absolute atomic E-state index is 11.8. The van der Waals surface area contributed by atoms with E-state index < -0.39 is 16.0 Å². The van der Waals surface area contributed by atoms with Crippen molar-refractivity contribution in [2.75, 3.05) is 12.8 Å². The Hall–Kier alpha value is -1.40. The fourth-order valence-electron chi connectivity index (χ4n) is 1.77. The van der Waals surface area contributed by atoms with E-state index in [0.29, 0.717) is 18.0 Å². The van der Waals surface area contributed by atoms with Gasteiger partial charge in [0.1, 0.15) is 0 Å². The maximum Gasteiger partial charge on any atom is 0.335 e. The molecular formula is C14H21NO4S. The molecule has 0 unspecified atom stereocenters. The van der Waals surface area contributed by atoms with Gasteiger partial charge in [-0.05, 0) is 30.0 Å². The van der Waals surface area contributed by atoms with Gasteiger partial charge in [-0.25, -0.2) is 13.2 Å². The first kappa shape index (κ1) is 16.7. The lowest BCUT2D eigenvalue weighted by Crippen LogP contribution is -2.31. The van der Waals surface area contributed by atoms with Crippen LogP contribution in [0.2, 0.25) is 0 Å². The van der Waals surface area contributed by atoms with Gasteiger partial charge in [0, 0.05) is 13.1 Å². The highest BCUT2D eigenvalue weighted by atomic mass is 32.2. The molecular weight excluding hydrogens is 278 g/mol. The first-order valence-electron chi connectivity index (χ1n) is 6.47. The number of hydrogen-bond donors (Lipinski definition) is 1. The first-order valence-corrected chi connectivity index (χ1v) is 8.32. The third kappa shape index (κ3) is 5.30. The average Bonchev–Trinajstić information content (AvgIpc) is 2.33. The minimum Gasteiger partial charge on any atom is -0.478 e. The second-order valence-corrected chi connectivity index (χ2v) is 7.27. The van der Waals surface area contributed by atoms with Crippen molar-refractivity contribution in [3.05, 3.63) is 35.4 Å². The number of rotatable bonds is 7. The number of nitrogens with zero attached hydrogens (tertiary/aromatic N) is 1. The standard InChI is InChI=1S/C14H21NO4S/c1-11(2)7-8-15(20(3,18)19)10-12-5-4-6-13(9-12)14(16)17/h4-6,9,11H,7-8,10H2,1-3H3,(H,16,17). The Morgan fingerprint density at radius 2 is 2.00 bits per heavy atom. The van der Waals surface area contributed by atoms with E-state index >= 15 is 0 Å². The summed E-state index contributed by atoms with van der Waals surface area (Å²) in [6, 6.07) is 6.36. The molecule has 0 atom stereocenters. The quantitative estimate of drug-likeness (QED) is 0.837. The molecule has 0 saturated carbocycles. The molecule has 0 saturated heterocycles. The number of aromatic carboxylic acids is 1. The summed E-state index contributed by atoms with van der Waals surface area (Å²) in [5, 5.41) is 8.95. The molecule has 0 bridgehead atoms. The van der Waals surface area contributed by atoms with Crippen LogP contribution in [0.3, 0.4) is 0 Å². The largest absolute Gasteiger partial charge is 0.478 e. The molecule has 0 aromatic heterocycles. The lowest BCUT2D eigenvalue weighted by atomic mass is 10.1. The van der Waals surface area contributed by atoms with Gasteiger partial charge in [0.15, 0.2) is 0 Å². The molecule has 112 valence electrons. The van der Waals surface area contributed by atoms with Crippen LogP contribution in [0.25, 0.3) is 0 Å². The Kier molecular flexibility index (Phi) is 5.71. The van der Waals surface area contributed by atoms with E-state index in [1.165, 1.54) is 22.7 Å². The normalized spacial score (nSPS) is 12.1. The maximum atomic E-state index is 11.8. The van der Waals surface area contributed by atoms with Gasteiger partial charge in [0.05, 0.1) is 11.8 Å². The van der Waals surface area contributed by atoms with Gasteiger partial charge < -0.3 is 5.11 Å². The molecule has 0 aliphatic rings. The molecule has 0 aliphatic heterocycles. The molecule has 1 aromatic carbocycles. The van der Waals surface area contributed by atoms with E-state index in [1.54, 1.807) is 12.1 Å². The SMILES string of the molecule is CC(C)CCN(Cc1cccc(C(=O)O)c1)S(C)(=O)=O. The topological polar surface area (TPSA) is 74.7 Å². The molecule has 0 spiro atoms. The van der Waals surface area contributed by atoms with Crippen LogP contribution in [0.15, 0.2) is 24.3 Å². The van der Waals surface area contributed by atoms with Gasteiger partial charge in [0.2, 0.25) is 10.0 Å². The molecule has 0 heterocycles. The van der Waals surface area contributed by atoms with Crippen molar-refractivity contribution in [3.63, 3.8) is 0 Å². The predicted molar refractivity (Wildman–Crippen MR) is 78.1 cm³/mol. The number of sulfonamides is 1. The van der Waals surface area contributed by atoms with E-state index in [-0.39, 0.29) is 12.1 Å². The van der Waals surface area contributed by atoms with Crippen molar-refractivity contribution in [1.29, 1.82) is 0 Å². The summed E-state index contributed by atoms with van der Waals surface area (Å²) in [5.74, 6) is -0.607. The second kappa shape index (κ2) is 6.85. The van der Waals surface area contributed by atoms with Crippen molar-refractivity contribution in [3.8, 4) is 0 Å². The van der Waals surface area contributed by atoms with E-state index in [1.807, 2.05) is 13.8 Å². The molecule has 20 heavy (non-hydrogen) atoms. The van der Waals surface area contributed by atoms with Crippen LogP contribution in [-0.2, 0) is 16.6 Å². The fraction of sp³-hybridized carbons (Fsp3) is 0.500. The van der Waals surface area contributed by atoms with Crippen molar-refractivity contribution < 1.29 is 18.3 Å². The number of benzene rings is 1. The Bertz CT molecular complexity index is 566. The van der Waals surface area contributed by atoms with Gasteiger partial charge >= 0.3 is 5.97 Å². The fourth-order valence-corrected chi connectivity index (χ4v) is 2.59. The summed E-state index contributed by atoms with van der Waals surface area (Å²) < 4.78 is 24.9. The molecule has 1 N–H and O–H groups in total. The highest BCUT2D eigenvalue weighted by Crippen LogP contribution is 2.13. The lowest BCUT2D eigenvalue weighted by molar-refractivity contribution is 0.0696. The Morgan fingerprint density at radius 3 is 2.50 bits per heavy atom. The highest BCUT2D eigenvalue weighted by molar-refractivity contribution is 7.88. The van der Waals surface area contributed by atoms with Crippen LogP contribution < -0.4 is 0 Å². The van der Waals surface area contributed by atoms with Crippen LogP contribution in [-0.4, -0.2) is 36.6 Å². The molecule has 5 nitrogen and oxygen atoms in total. The molecule has 6 heteroatoms. The summed E-state index contributed by atoms with van der Waals surface area (Å²) in [6.45, 7) is 4.71. The minimum atomic E-state index is -3.31. The summed E-state index contributed by atoms with van der Waals surface area (Å²) >= 11 is 0. The monoisotopic (exact) mass is 299 g/mol. The number of carbonyl (C=O) groups is 1. The second-order valence-electron chi connectivity index (χ2n) is 5.28. The molecule has 0 radical (unpaired) electrons. The van der Waals surface area contributed by atoms with Crippen LogP contribution in [0.4, 0.5) is 0 Å². The van der Waals surface area contributed by atoms with E-state index in [4.69, 9.17) is 5.11 Å². The molecule has 0 fully saturated rings. The Morgan fingerprint density at radius 1 is 1.35 bits per heavy atom. The van der Waals surface area contributed by atoms with Crippen molar-refractivity contribution in [1.82, 2.24) is 4.31 Å². The van der Waals surface area contributed by atoms with Crippen LogP contribution in [0.1, 0.15) is 36.2 Å². The van der Waals surface area contributed by atoms with Crippen LogP contribution in [0, 0.1) is 5.92 Å². The predicted octanol–water partition coefficient (Wildman–Crippen LogP) is 2.19. The van der Waals surface area contributed by atoms with Crippen LogP contribution in [0.5, 0.6) is 0 Å². The number of carboxylic acid groups (broad SMARTS) is 1. The molecule has 1 aromatic rings. The number of carboxylic acids is 1. The zero-order chi connectivity index (χ0) is 15.3. The number of hydrogen-bond acceptors (Lipinski definition) is 3. The molecule has 1 rings (SSSR count). The Labute approximate surface area is 120 Å². The zero-order valence-electron chi connectivity index (χ0n) is 12.0. The third-order valence-corrected chi connectivity index (χ3v) is 4.21. The average molecular weight is 299 g/mol. The smallest absolute Gasteiger partial charge is 0.335 e. The summed E-state index contributed by atoms with van der Waals surface area (Å²) in [4.78, 5) is 10.9. The Balaban J connectivity index is 2.89. The summed E-state index contributed by atoms with van der Waals surface area (Å²) in [5.41, 5.74) is 0.846. The zero-order valence-corrected chi connectivity index (χ0v) is 12.9. The van der Waals surface area contributed by atoms with Gasteiger partial charge in [-0.3, -0.25) is 0 Å². The highest BCUT2D eigenvalue weighted by Gasteiger charge is 2.17. The molecule has 0 aliphatic carbocycles. The lowest BCUT2D eigenvalue weighted by Gasteiger charge is -2.21. The van der Waals surface area contributed by atoms with Gasteiger partial charge in [0.25, 0.3) is 0 Å². The van der Waals surface area contributed by atoms with Gasteiger partial charge in [-0.2, -0.15) is 4.31 Å².